The first-order valence-electron chi connectivity index (χ1n) is 10.6. The summed E-state index contributed by atoms with van der Waals surface area (Å²) in [5, 5.41) is 3.58. The Hall–Kier alpha value is -3.24. The Labute approximate surface area is 183 Å². The molecule has 1 aliphatic carbocycles. The Bertz CT molecular complexity index is 1050. The molecular weight excluding hydrogens is 386 g/mol. The molecule has 0 fully saturated rings. The summed E-state index contributed by atoms with van der Waals surface area (Å²) in [6.07, 6.45) is 0.793. The highest BCUT2D eigenvalue weighted by Crippen LogP contribution is 2.51. The van der Waals surface area contributed by atoms with Crippen LogP contribution in [0, 0.1) is 0 Å². The summed E-state index contributed by atoms with van der Waals surface area (Å²) in [5.74, 6) is -0.434. The number of carbonyl (C=O) groups excluding carboxylic acids is 2. The molecule has 0 heterocycles. The monoisotopic (exact) mass is 413 g/mol. The number of esters is 1. The molecule has 0 spiro atoms. The van der Waals surface area contributed by atoms with E-state index in [1.165, 1.54) is 0 Å². The molecule has 1 aliphatic rings. The predicted octanol–water partition coefficient (Wildman–Crippen LogP) is 4.85. The van der Waals surface area contributed by atoms with Crippen LogP contribution >= 0.6 is 0 Å². The molecule has 3 aromatic carbocycles. The first kappa shape index (κ1) is 21.0. The van der Waals surface area contributed by atoms with E-state index in [2.05, 4.69) is 41.7 Å². The zero-order chi connectivity index (χ0) is 22.1. The van der Waals surface area contributed by atoms with Gasteiger partial charge in [-0.25, -0.2) is 0 Å². The van der Waals surface area contributed by atoms with Crippen LogP contribution in [0.4, 0.5) is 0 Å². The Balaban J connectivity index is 1.92. The van der Waals surface area contributed by atoms with E-state index in [4.69, 9.17) is 4.74 Å². The van der Waals surface area contributed by atoms with Crippen LogP contribution in [0.15, 0.2) is 78.9 Å². The van der Waals surface area contributed by atoms with Gasteiger partial charge in [-0.1, -0.05) is 78.9 Å². The molecule has 1 atom stereocenters. The van der Waals surface area contributed by atoms with E-state index in [1.807, 2.05) is 63.2 Å². The first-order chi connectivity index (χ1) is 14.9. The number of hydrogen-bond acceptors (Lipinski definition) is 4. The number of carbonyl (C=O) groups is 2. The Morgan fingerprint density at radius 3 is 1.94 bits per heavy atom. The van der Waals surface area contributed by atoms with Crippen molar-refractivity contribution in [1.82, 2.24) is 5.32 Å². The topological polar surface area (TPSA) is 55.4 Å². The van der Waals surface area contributed by atoms with Crippen molar-refractivity contribution in [3.63, 3.8) is 0 Å². The van der Waals surface area contributed by atoms with Gasteiger partial charge in [-0.2, -0.15) is 0 Å². The van der Waals surface area contributed by atoms with E-state index in [1.54, 1.807) is 0 Å². The van der Waals surface area contributed by atoms with Crippen molar-refractivity contribution in [2.45, 2.75) is 44.4 Å². The summed E-state index contributed by atoms with van der Waals surface area (Å²) in [5.41, 5.74) is 3.92. The molecule has 0 bridgehead atoms. The van der Waals surface area contributed by atoms with Crippen molar-refractivity contribution in [3.8, 4) is 11.1 Å². The standard InChI is InChI=1S/C27H27NO3/c1-26(2,3)31-25(30)24(17-18-29)28-27(19-11-5-4-6-12-19)22-15-9-7-13-20(22)21-14-8-10-16-23(21)27/h4-16,18,24,28H,17H2,1-3H3/t24-/m0/s1. The van der Waals surface area contributed by atoms with Crippen molar-refractivity contribution in [2.24, 2.45) is 0 Å². The maximum atomic E-state index is 13.1. The van der Waals surface area contributed by atoms with E-state index in [0.717, 1.165) is 34.1 Å². The fraction of sp³-hybridized carbons (Fsp3) is 0.259. The average molecular weight is 414 g/mol. The molecule has 4 heteroatoms. The largest absolute Gasteiger partial charge is 0.459 e. The molecule has 0 saturated carbocycles. The number of aldehydes is 1. The minimum atomic E-state index is -0.795. The smallest absolute Gasteiger partial charge is 0.324 e. The Morgan fingerprint density at radius 1 is 0.903 bits per heavy atom. The summed E-state index contributed by atoms with van der Waals surface area (Å²) in [4.78, 5) is 24.6. The van der Waals surface area contributed by atoms with Crippen LogP contribution in [0.5, 0.6) is 0 Å². The van der Waals surface area contributed by atoms with E-state index in [9.17, 15) is 9.59 Å². The molecule has 1 N–H and O–H groups in total. The van der Waals surface area contributed by atoms with Gasteiger partial charge in [0.05, 0.1) is 5.54 Å². The molecule has 0 amide bonds. The highest BCUT2D eigenvalue weighted by Gasteiger charge is 2.46. The molecule has 3 aromatic rings. The Morgan fingerprint density at radius 2 is 1.42 bits per heavy atom. The fourth-order valence-corrected chi connectivity index (χ4v) is 4.42. The lowest BCUT2D eigenvalue weighted by molar-refractivity contribution is -0.158. The van der Waals surface area contributed by atoms with Crippen LogP contribution < -0.4 is 5.32 Å². The molecule has 0 saturated heterocycles. The number of hydrogen-bond donors (Lipinski definition) is 1. The molecule has 0 aliphatic heterocycles. The quantitative estimate of drug-likeness (QED) is 0.464. The van der Waals surface area contributed by atoms with Gasteiger partial charge in [-0.05, 0) is 48.6 Å². The van der Waals surface area contributed by atoms with Crippen LogP contribution in [0.3, 0.4) is 0 Å². The average Bonchev–Trinajstić information content (AvgIpc) is 3.04. The number of nitrogens with one attached hydrogen (secondary N) is 1. The maximum absolute atomic E-state index is 13.1. The molecule has 158 valence electrons. The second-order valence-corrected chi connectivity index (χ2v) is 8.84. The minimum absolute atomic E-state index is 0.0217. The summed E-state index contributed by atoms with van der Waals surface area (Å²) in [6, 6.07) is 25.7. The van der Waals surface area contributed by atoms with Crippen molar-refractivity contribution < 1.29 is 14.3 Å². The van der Waals surface area contributed by atoms with Gasteiger partial charge in [-0.15, -0.1) is 0 Å². The zero-order valence-electron chi connectivity index (χ0n) is 18.1. The summed E-state index contributed by atoms with van der Waals surface area (Å²) >= 11 is 0. The number of rotatable bonds is 6. The first-order valence-corrected chi connectivity index (χ1v) is 10.6. The highest BCUT2D eigenvalue weighted by molar-refractivity contribution is 5.85. The van der Waals surface area contributed by atoms with E-state index < -0.39 is 23.2 Å². The van der Waals surface area contributed by atoms with Crippen LogP contribution in [0.2, 0.25) is 0 Å². The van der Waals surface area contributed by atoms with Crippen LogP contribution in [-0.2, 0) is 19.9 Å². The van der Waals surface area contributed by atoms with Crippen molar-refractivity contribution in [1.29, 1.82) is 0 Å². The zero-order valence-corrected chi connectivity index (χ0v) is 18.1. The molecule has 4 nitrogen and oxygen atoms in total. The predicted molar refractivity (Wildman–Crippen MR) is 122 cm³/mol. The third-order valence-electron chi connectivity index (χ3n) is 5.57. The van der Waals surface area contributed by atoms with E-state index in [-0.39, 0.29) is 6.42 Å². The Kier molecular flexibility index (Phi) is 5.50. The third kappa shape index (κ3) is 3.79. The fourth-order valence-electron chi connectivity index (χ4n) is 4.42. The summed E-state index contributed by atoms with van der Waals surface area (Å²) in [7, 11) is 0. The van der Waals surface area contributed by atoms with Gasteiger partial charge in [0.1, 0.15) is 17.9 Å². The van der Waals surface area contributed by atoms with Gasteiger partial charge < -0.3 is 9.53 Å². The van der Waals surface area contributed by atoms with Crippen LogP contribution in [0.25, 0.3) is 11.1 Å². The molecule has 0 aromatic heterocycles. The molecule has 0 unspecified atom stereocenters. The van der Waals surface area contributed by atoms with Gasteiger partial charge in [-0.3, -0.25) is 10.1 Å². The summed E-state index contributed by atoms with van der Waals surface area (Å²) < 4.78 is 5.66. The SMILES string of the molecule is CC(C)(C)OC(=O)[C@H](CC=O)NC1(c2ccccc2)c2ccccc2-c2ccccc21. The van der Waals surface area contributed by atoms with E-state index >= 15 is 0 Å². The normalized spacial score (nSPS) is 14.9. The highest BCUT2D eigenvalue weighted by atomic mass is 16.6. The number of benzene rings is 3. The van der Waals surface area contributed by atoms with Gasteiger partial charge in [0, 0.05) is 6.42 Å². The second-order valence-electron chi connectivity index (χ2n) is 8.84. The van der Waals surface area contributed by atoms with Crippen LogP contribution in [0.1, 0.15) is 43.9 Å². The number of fused-ring (bicyclic) bond motifs is 3. The lowest BCUT2D eigenvalue weighted by Crippen LogP contribution is -2.53. The van der Waals surface area contributed by atoms with Crippen molar-refractivity contribution in [3.05, 3.63) is 95.6 Å². The van der Waals surface area contributed by atoms with Crippen LogP contribution in [-0.4, -0.2) is 23.9 Å². The second kappa shape index (κ2) is 8.12. The van der Waals surface area contributed by atoms with Gasteiger partial charge in [0.15, 0.2) is 0 Å². The summed E-state index contributed by atoms with van der Waals surface area (Å²) in [6.45, 7) is 5.49. The van der Waals surface area contributed by atoms with Gasteiger partial charge in [0.2, 0.25) is 0 Å². The lowest BCUT2D eigenvalue weighted by atomic mass is 9.79. The number of ether oxygens (including phenoxy) is 1. The third-order valence-corrected chi connectivity index (χ3v) is 5.57. The minimum Gasteiger partial charge on any atom is -0.459 e. The van der Waals surface area contributed by atoms with Gasteiger partial charge in [0.25, 0.3) is 0 Å². The van der Waals surface area contributed by atoms with E-state index in [0.29, 0.717) is 0 Å². The van der Waals surface area contributed by atoms with Gasteiger partial charge >= 0.3 is 5.97 Å². The molecule has 31 heavy (non-hydrogen) atoms. The van der Waals surface area contributed by atoms with Crippen molar-refractivity contribution >= 4 is 12.3 Å². The lowest BCUT2D eigenvalue weighted by Gasteiger charge is -2.37. The van der Waals surface area contributed by atoms with Crippen molar-refractivity contribution in [2.75, 3.05) is 0 Å². The molecule has 4 rings (SSSR count). The molecule has 0 radical (unpaired) electrons. The molecular formula is C27H27NO3. The maximum Gasteiger partial charge on any atom is 0.324 e.